The summed E-state index contributed by atoms with van der Waals surface area (Å²) in [6.07, 6.45) is 0.739. The van der Waals surface area contributed by atoms with Crippen molar-refractivity contribution in [2.24, 2.45) is 0 Å². The summed E-state index contributed by atoms with van der Waals surface area (Å²) in [5.41, 5.74) is 1.22. The molecule has 0 saturated carbocycles. The van der Waals surface area contributed by atoms with Gasteiger partial charge in [0.05, 0.1) is 6.10 Å². The third-order valence-electron chi connectivity index (χ3n) is 3.23. The predicted octanol–water partition coefficient (Wildman–Crippen LogP) is 4.10. The average Bonchev–Trinajstić information content (AvgIpc) is 2.46. The normalized spacial score (nSPS) is 13.8. The van der Waals surface area contributed by atoms with Crippen LogP contribution in [0.3, 0.4) is 0 Å². The van der Waals surface area contributed by atoms with Crippen molar-refractivity contribution in [1.29, 1.82) is 0 Å². The molecule has 0 fully saturated rings. The summed E-state index contributed by atoms with van der Waals surface area (Å²) >= 11 is 5.91. The first-order valence-electron chi connectivity index (χ1n) is 6.79. The smallest absolute Gasteiger partial charge is 0.122 e. The molecule has 0 aliphatic rings. The summed E-state index contributed by atoms with van der Waals surface area (Å²) < 4.78 is 5.71. The molecule has 20 heavy (non-hydrogen) atoms. The fourth-order valence-corrected chi connectivity index (χ4v) is 2.21. The Balaban J connectivity index is 1.84. The lowest BCUT2D eigenvalue weighted by Crippen LogP contribution is -2.29. The van der Waals surface area contributed by atoms with Crippen LogP contribution >= 0.6 is 11.6 Å². The van der Waals surface area contributed by atoms with E-state index in [4.69, 9.17) is 16.3 Å². The van der Waals surface area contributed by atoms with Gasteiger partial charge in [0.1, 0.15) is 11.9 Å². The highest BCUT2D eigenvalue weighted by Crippen LogP contribution is 2.20. The van der Waals surface area contributed by atoms with Gasteiger partial charge in [-0.3, -0.25) is 0 Å². The number of halogens is 1. The van der Waals surface area contributed by atoms with Crippen LogP contribution in [0, 0.1) is 0 Å². The maximum absolute atomic E-state index is 10.2. The lowest BCUT2D eigenvalue weighted by Gasteiger charge is -2.20. The highest BCUT2D eigenvalue weighted by molar-refractivity contribution is 6.30. The molecule has 0 aliphatic heterocycles. The highest BCUT2D eigenvalue weighted by atomic mass is 35.5. The summed E-state index contributed by atoms with van der Waals surface area (Å²) in [7, 11) is 0. The van der Waals surface area contributed by atoms with Gasteiger partial charge < -0.3 is 9.84 Å². The SMILES string of the molecule is CC(Oc1cccc(Cl)c1)C(O)CCc1ccccc1. The predicted molar refractivity (Wildman–Crippen MR) is 82.3 cm³/mol. The molecule has 0 heterocycles. The first-order chi connectivity index (χ1) is 9.65. The van der Waals surface area contributed by atoms with Gasteiger partial charge in [-0.1, -0.05) is 48.0 Å². The number of aliphatic hydroxyl groups is 1. The van der Waals surface area contributed by atoms with Crippen LogP contribution in [-0.2, 0) is 6.42 Å². The summed E-state index contributed by atoms with van der Waals surface area (Å²) in [6.45, 7) is 1.87. The molecule has 0 amide bonds. The van der Waals surface area contributed by atoms with Gasteiger partial charge in [0.2, 0.25) is 0 Å². The Hall–Kier alpha value is -1.51. The Morgan fingerprint density at radius 2 is 1.85 bits per heavy atom. The molecule has 0 radical (unpaired) electrons. The Morgan fingerprint density at radius 1 is 1.10 bits per heavy atom. The first-order valence-corrected chi connectivity index (χ1v) is 7.17. The van der Waals surface area contributed by atoms with Gasteiger partial charge in [-0.2, -0.15) is 0 Å². The quantitative estimate of drug-likeness (QED) is 0.868. The van der Waals surface area contributed by atoms with Gasteiger partial charge in [-0.05, 0) is 43.5 Å². The largest absolute Gasteiger partial charge is 0.488 e. The number of hydrogen-bond donors (Lipinski definition) is 1. The zero-order chi connectivity index (χ0) is 14.4. The number of aliphatic hydroxyl groups excluding tert-OH is 1. The standard InChI is InChI=1S/C17H19ClO2/c1-13(20-16-9-5-8-15(18)12-16)17(19)11-10-14-6-3-2-4-7-14/h2-9,12-13,17,19H,10-11H2,1H3. The van der Waals surface area contributed by atoms with E-state index < -0.39 is 6.10 Å². The van der Waals surface area contributed by atoms with Crippen LogP contribution in [0.15, 0.2) is 54.6 Å². The number of hydrogen-bond acceptors (Lipinski definition) is 2. The van der Waals surface area contributed by atoms with Crippen LogP contribution in [0.4, 0.5) is 0 Å². The topological polar surface area (TPSA) is 29.5 Å². The second-order valence-corrected chi connectivity index (χ2v) is 5.31. The van der Waals surface area contributed by atoms with E-state index in [0.29, 0.717) is 17.2 Å². The molecule has 0 bridgehead atoms. The van der Waals surface area contributed by atoms with E-state index in [2.05, 4.69) is 12.1 Å². The van der Waals surface area contributed by atoms with Crippen LogP contribution in [0.1, 0.15) is 18.9 Å². The number of benzene rings is 2. The van der Waals surface area contributed by atoms with E-state index in [0.717, 1.165) is 6.42 Å². The van der Waals surface area contributed by atoms with E-state index in [-0.39, 0.29) is 6.10 Å². The van der Waals surface area contributed by atoms with Crippen LogP contribution in [0.5, 0.6) is 5.75 Å². The van der Waals surface area contributed by atoms with Crippen molar-refractivity contribution in [1.82, 2.24) is 0 Å². The molecule has 2 atom stereocenters. The van der Waals surface area contributed by atoms with Crippen molar-refractivity contribution in [3.8, 4) is 5.75 Å². The molecule has 0 aromatic heterocycles. The Morgan fingerprint density at radius 3 is 2.55 bits per heavy atom. The summed E-state index contributed by atoms with van der Waals surface area (Å²) in [5, 5.41) is 10.8. The van der Waals surface area contributed by atoms with E-state index in [9.17, 15) is 5.11 Å². The van der Waals surface area contributed by atoms with Crippen LogP contribution in [0.25, 0.3) is 0 Å². The second kappa shape index (κ2) is 7.32. The molecule has 0 saturated heterocycles. The summed E-state index contributed by atoms with van der Waals surface area (Å²) in [6, 6.07) is 17.4. The highest BCUT2D eigenvalue weighted by Gasteiger charge is 2.15. The Labute approximate surface area is 125 Å². The van der Waals surface area contributed by atoms with Crippen molar-refractivity contribution in [2.75, 3.05) is 0 Å². The maximum Gasteiger partial charge on any atom is 0.122 e. The lowest BCUT2D eigenvalue weighted by atomic mass is 10.0. The molecular formula is C17H19ClO2. The third kappa shape index (κ3) is 4.55. The number of aryl methyl sites for hydroxylation is 1. The van der Waals surface area contributed by atoms with E-state index in [1.54, 1.807) is 12.1 Å². The molecule has 106 valence electrons. The number of rotatable bonds is 6. The van der Waals surface area contributed by atoms with Gasteiger partial charge in [0.25, 0.3) is 0 Å². The minimum absolute atomic E-state index is 0.267. The maximum atomic E-state index is 10.2. The third-order valence-corrected chi connectivity index (χ3v) is 3.47. The minimum atomic E-state index is -0.505. The molecule has 0 aliphatic carbocycles. The van der Waals surface area contributed by atoms with Crippen molar-refractivity contribution in [2.45, 2.75) is 32.0 Å². The molecule has 2 aromatic rings. The molecule has 2 unspecified atom stereocenters. The Kier molecular flexibility index (Phi) is 5.45. The first kappa shape index (κ1) is 14.9. The van der Waals surface area contributed by atoms with Gasteiger partial charge in [0.15, 0.2) is 0 Å². The van der Waals surface area contributed by atoms with Crippen molar-refractivity contribution >= 4 is 11.6 Å². The molecule has 2 rings (SSSR count). The van der Waals surface area contributed by atoms with Crippen molar-refractivity contribution in [3.63, 3.8) is 0 Å². The van der Waals surface area contributed by atoms with Gasteiger partial charge in [-0.15, -0.1) is 0 Å². The van der Waals surface area contributed by atoms with Gasteiger partial charge >= 0.3 is 0 Å². The molecule has 3 heteroatoms. The Bertz CT molecular complexity index is 528. The molecule has 1 N–H and O–H groups in total. The average molecular weight is 291 g/mol. The minimum Gasteiger partial charge on any atom is -0.488 e. The zero-order valence-corrected chi connectivity index (χ0v) is 12.3. The monoisotopic (exact) mass is 290 g/mol. The molecule has 0 spiro atoms. The van der Waals surface area contributed by atoms with E-state index in [1.165, 1.54) is 5.56 Å². The summed E-state index contributed by atoms with van der Waals surface area (Å²) in [4.78, 5) is 0. The van der Waals surface area contributed by atoms with E-state index in [1.807, 2.05) is 37.3 Å². The molecule has 2 nitrogen and oxygen atoms in total. The van der Waals surface area contributed by atoms with Crippen LogP contribution in [-0.4, -0.2) is 17.3 Å². The van der Waals surface area contributed by atoms with Crippen molar-refractivity contribution in [3.05, 3.63) is 65.2 Å². The lowest BCUT2D eigenvalue weighted by molar-refractivity contribution is 0.0420. The molecular weight excluding hydrogens is 272 g/mol. The van der Waals surface area contributed by atoms with Crippen molar-refractivity contribution < 1.29 is 9.84 Å². The van der Waals surface area contributed by atoms with E-state index >= 15 is 0 Å². The summed E-state index contributed by atoms with van der Waals surface area (Å²) in [5.74, 6) is 0.684. The molecule has 2 aromatic carbocycles. The zero-order valence-electron chi connectivity index (χ0n) is 11.5. The fourth-order valence-electron chi connectivity index (χ4n) is 2.03. The van der Waals surface area contributed by atoms with Crippen LogP contribution < -0.4 is 4.74 Å². The van der Waals surface area contributed by atoms with Gasteiger partial charge in [-0.25, -0.2) is 0 Å². The van der Waals surface area contributed by atoms with Crippen LogP contribution in [0.2, 0.25) is 5.02 Å². The second-order valence-electron chi connectivity index (χ2n) is 4.87. The number of ether oxygens (including phenoxy) is 1. The van der Waals surface area contributed by atoms with Gasteiger partial charge in [0, 0.05) is 5.02 Å². The fraction of sp³-hybridized carbons (Fsp3) is 0.294.